The molecule has 1 N–H and O–H groups in total. The van der Waals surface area contributed by atoms with Crippen molar-refractivity contribution in [2.45, 2.75) is 6.92 Å². The Kier molecular flexibility index (Phi) is 3.15. The summed E-state index contributed by atoms with van der Waals surface area (Å²) in [4.78, 5) is 19.9. The second kappa shape index (κ2) is 4.97. The normalized spacial score (nSPS) is 10.7. The van der Waals surface area contributed by atoms with Crippen molar-refractivity contribution in [1.29, 1.82) is 0 Å². The van der Waals surface area contributed by atoms with Crippen molar-refractivity contribution in [3.8, 4) is 0 Å². The highest BCUT2D eigenvalue weighted by atomic mass is 32.1. The molecule has 0 aliphatic carbocycles. The van der Waals surface area contributed by atoms with Gasteiger partial charge in [0.05, 0.1) is 27.0 Å². The molecule has 0 unspecified atom stereocenters. The zero-order valence-electron chi connectivity index (χ0n) is 10.6. The quantitative estimate of drug-likeness (QED) is 0.786. The first-order valence-electron chi connectivity index (χ1n) is 5.91. The van der Waals surface area contributed by atoms with Crippen molar-refractivity contribution in [1.82, 2.24) is 9.97 Å². The van der Waals surface area contributed by atoms with E-state index < -0.39 is 11.7 Å². The third-order valence-electron chi connectivity index (χ3n) is 2.77. The zero-order chi connectivity index (χ0) is 14.1. The van der Waals surface area contributed by atoms with E-state index in [4.69, 9.17) is 0 Å². The van der Waals surface area contributed by atoms with Crippen LogP contribution in [0.25, 0.3) is 10.2 Å². The number of carbonyl (C=O) groups excluding carboxylic acids is 1. The lowest BCUT2D eigenvalue weighted by Gasteiger charge is -2.05. The van der Waals surface area contributed by atoms with Crippen LogP contribution in [0.1, 0.15) is 15.4 Å². The fourth-order valence-electron chi connectivity index (χ4n) is 1.88. The monoisotopic (exact) mass is 287 g/mol. The Morgan fingerprint density at radius 1 is 1.35 bits per heavy atom. The molecule has 0 spiro atoms. The van der Waals surface area contributed by atoms with Gasteiger partial charge in [0.2, 0.25) is 0 Å². The number of halogens is 1. The van der Waals surface area contributed by atoms with Gasteiger partial charge in [-0.3, -0.25) is 9.78 Å². The van der Waals surface area contributed by atoms with E-state index in [2.05, 4.69) is 15.3 Å². The van der Waals surface area contributed by atoms with Gasteiger partial charge in [-0.25, -0.2) is 9.37 Å². The first-order valence-corrected chi connectivity index (χ1v) is 6.73. The number of amides is 1. The fourth-order valence-corrected chi connectivity index (χ4v) is 2.74. The summed E-state index contributed by atoms with van der Waals surface area (Å²) in [6.07, 6.45) is 2.40. The van der Waals surface area contributed by atoms with Gasteiger partial charge in [-0.2, -0.15) is 0 Å². The average Bonchev–Trinajstić information content (AvgIpc) is 2.78. The second-order valence-electron chi connectivity index (χ2n) is 4.23. The van der Waals surface area contributed by atoms with Crippen molar-refractivity contribution in [2.75, 3.05) is 5.32 Å². The van der Waals surface area contributed by atoms with Crippen LogP contribution in [-0.4, -0.2) is 15.9 Å². The third-order valence-corrected chi connectivity index (χ3v) is 3.70. The summed E-state index contributed by atoms with van der Waals surface area (Å²) in [6.45, 7) is 1.93. The van der Waals surface area contributed by atoms with Gasteiger partial charge in [-0.15, -0.1) is 11.3 Å². The predicted octanol–water partition coefficient (Wildman–Crippen LogP) is 3.39. The van der Waals surface area contributed by atoms with Crippen LogP contribution >= 0.6 is 11.3 Å². The molecule has 0 saturated heterocycles. The van der Waals surface area contributed by atoms with E-state index in [1.165, 1.54) is 12.3 Å². The Morgan fingerprint density at radius 2 is 2.20 bits per heavy atom. The van der Waals surface area contributed by atoms with E-state index in [1.807, 2.05) is 19.1 Å². The number of hydrogen-bond donors (Lipinski definition) is 1. The van der Waals surface area contributed by atoms with Gasteiger partial charge in [0.1, 0.15) is 0 Å². The summed E-state index contributed by atoms with van der Waals surface area (Å²) in [5, 5.41) is 3.63. The predicted molar refractivity (Wildman–Crippen MR) is 76.5 cm³/mol. The minimum absolute atomic E-state index is 0.0272. The summed E-state index contributed by atoms with van der Waals surface area (Å²) in [5.74, 6) is -1.13. The van der Waals surface area contributed by atoms with Crippen LogP contribution in [0.15, 0.2) is 36.7 Å². The largest absolute Gasteiger partial charge is 0.322 e. The standard InChI is InChI=1S/C14H10FN3OS/c1-8-17-12-3-2-9(6-13(12)20-8)18-14(19)10-4-5-16-7-11(10)15/h2-7H,1H3,(H,18,19). The molecule has 0 atom stereocenters. The highest BCUT2D eigenvalue weighted by Gasteiger charge is 2.12. The summed E-state index contributed by atoms with van der Waals surface area (Å²) >= 11 is 1.55. The molecule has 0 radical (unpaired) electrons. The van der Waals surface area contributed by atoms with Crippen LogP contribution in [0, 0.1) is 12.7 Å². The number of aryl methyl sites for hydroxylation is 1. The molecule has 3 aromatic rings. The molecular formula is C14H10FN3OS. The van der Waals surface area contributed by atoms with Gasteiger partial charge in [0.25, 0.3) is 5.91 Å². The minimum atomic E-state index is -0.639. The molecule has 100 valence electrons. The van der Waals surface area contributed by atoms with Crippen LogP contribution in [0.2, 0.25) is 0 Å². The molecule has 0 saturated carbocycles. The number of nitrogens with one attached hydrogen (secondary N) is 1. The highest BCUT2D eigenvalue weighted by molar-refractivity contribution is 7.18. The number of rotatable bonds is 2. The van der Waals surface area contributed by atoms with Crippen LogP contribution in [0.3, 0.4) is 0 Å². The first-order chi connectivity index (χ1) is 9.63. The van der Waals surface area contributed by atoms with Crippen LogP contribution in [0.4, 0.5) is 10.1 Å². The van der Waals surface area contributed by atoms with Gasteiger partial charge in [-0.1, -0.05) is 0 Å². The topological polar surface area (TPSA) is 54.9 Å². The summed E-state index contributed by atoms with van der Waals surface area (Å²) < 4.78 is 14.4. The van der Waals surface area contributed by atoms with Gasteiger partial charge < -0.3 is 5.32 Å². The Bertz CT molecular complexity index is 800. The molecule has 6 heteroatoms. The number of nitrogens with zero attached hydrogens (tertiary/aromatic N) is 2. The molecule has 20 heavy (non-hydrogen) atoms. The van der Waals surface area contributed by atoms with Crippen LogP contribution in [-0.2, 0) is 0 Å². The number of aromatic nitrogens is 2. The molecule has 2 aromatic heterocycles. The Hall–Kier alpha value is -2.34. The zero-order valence-corrected chi connectivity index (χ0v) is 11.4. The van der Waals surface area contributed by atoms with Crippen molar-refractivity contribution >= 4 is 33.1 Å². The van der Waals surface area contributed by atoms with Crippen LogP contribution in [0.5, 0.6) is 0 Å². The maximum Gasteiger partial charge on any atom is 0.258 e. The molecule has 1 amide bonds. The average molecular weight is 287 g/mol. The molecule has 2 heterocycles. The van der Waals surface area contributed by atoms with Crippen molar-refractivity contribution in [3.05, 3.63) is 53.0 Å². The number of hydrogen-bond acceptors (Lipinski definition) is 4. The van der Waals surface area contributed by atoms with E-state index in [0.717, 1.165) is 21.4 Å². The van der Waals surface area contributed by atoms with Crippen molar-refractivity contribution in [3.63, 3.8) is 0 Å². The number of fused-ring (bicyclic) bond motifs is 1. The summed E-state index contributed by atoms with van der Waals surface area (Å²) in [5.41, 5.74) is 1.48. The molecule has 3 rings (SSSR count). The minimum Gasteiger partial charge on any atom is -0.322 e. The van der Waals surface area contributed by atoms with E-state index in [-0.39, 0.29) is 5.56 Å². The van der Waals surface area contributed by atoms with Gasteiger partial charge in [-0.05, 0) is 31.2 Å². The van der Waals surface area contributed by atoms with E-state index >= 15 is 0 Å². The Labute approximate surface area is 118 Å². The SMILES string of the molecule is Cc1nc2ccc(NC(=O)c3ccncc3F)cc2s1. The van der Waals surface area contributed by atoms with E-state index in [1.54, 1.807) is 17.4 Å². The molecule has 0 bridgehead atoms. The van der Waals surface area contributed by atoms with Crippen LogP contribution < -0.4 is 5.32 Å². The lowest BCUT2D eigenvalue weighted by Crippen LogP contribution is -2.13. The lowest BCUT2D eigenvalue weighted by atomic mass is 10.2. The van der Waals surface area contributed by atoms with Crippen molar-refractivity contribution < 1.29 is 9.18 Å². The number of pyridine rings is 1. The highest BCUT2D eigenvalue weighted by Crippen LogP contribution is 2.25. The van der Waals surface area contributed by atoms with Gasteiger partial charge in [0.15, 0.2) is 5.82 Å². The first kappa shape index (κ1) is 12.7. The second-order valence-corrected chi connectivity index (χ2v) is 5.46. The smallest absolute Gasteiger partial charge is 0.258 e. The number of carbonyl (C=O) groups is 1. The fraction of sp³-hybridized carbons (Fsp3) is 0.0714. The number of benzene rings is 1. The molecular weight excluding hydrogens is 277 g/mol. The summed E-state index contributed by atoms with van der Waals surface area (Å²) in [6, 6.07) is 6.76. The molecule has 4 nitrogen and oxygen atoms in total. The molecule has 1 aromatic carbocycles. The summed E-state index contributed by atoms with van der Waals surface area (Å²) in [7, 11) is 0. The Morgan fingerprint density at radius 3 is 3.00 bits per heavy atom. The molecule has 0 aliphatic rings. The Balaban J connectivity index is 1.89. The van der Waals surface area contributed by atoms with Crippen molar-refractivity contribution in [2.24, 2.45) is 0 Å². The van der Waals surface area contributed by atoms with E-state index in [9.17, 15) is 9.18 Å². The molecule has 0 fully saturated rings. The number of anilines is 1. The maximum absolute atomic E-state index is 13.5. The maximum atomic E-state index is 13.5. The van der Waals surface area contributed by atoms with E-state index in [0.29, 0.717) is 5.69 Å². The number of thiazole rings is 1. The van der Waals surface area contributed by atoms with Gasteiger partial charge >= 0.3 is 0 Å². The molecule has 0 aliphatic heterocycles. The van der Waals surface area contributed by atoms with Gasteiger partial charge in [0, 0.05) is 11.9 Å². The lowest BCUT2D eigenvalue weighted by molar-refractivity contribution is 0.102. The third kappa shape index (κ3) is 2.37.